The Labute approximate surface area is 195 Å². The maximum absolute atomic E-state index is 14.1. The number of aromatic nitrogens is 3. The molecule has 11 heteroatoms. The van der Waals surface area contributed by atoms with Crippen LogP contribution in [0.4, 0.5) is 20.4 Å². The summed E-state index contributed by atoms with van der Waals surface area (Å²) in [6, 6.07) is 9.31. The molecule has 0 atom stereocenters. The van der Waals surface area contributed by atoms with E-state index in [-0.39, 0.29) is 16.3 Å². The molecule has 4 aromatic rings. The van der Waals surface area contributed by atoms with Crippen LogP contribution in [0.15, 0.2) is 53.6 Å². The fourth-order valence-electron chi connectivity index (χ4n) is 3.69. The number of pyridine rings is 1. The minimum Gasteiger partial charge on any atom is -0.480 e. The predicted molar refractivity (Wildman–Crippen MR) is 126 cm³/mol. The van der Waals surface area contributed by atoms with E-state index in [4.69, 9.17) is 10.5 Å². The number of benzene rings is 2. The van der Waals surface area contributed by atoms with E-state index in [1.165, 1.54) is 19.4 Å². The number of halogens is 2. The molecule has 0 fully saturated rings. The monoisotopic (exact) mass is 487 g/mol. The van der Waals surface area contributed by atoms with Crippen LogP contribution in [0.5, 0.6) is 5.88 Å². The summed E-state index contributed by atoms with van der Waals surface area (Å²) in [7, 11) is -3.06. The summed E-state index contributed by atoms with van der Waals surface area (Å²) in [6.07, 6.45) is 1.47. The van der Waals surface area contributed by atoms with Gasteiger partial charge in [-0.05, 0) is 56.7 Å². The van der Waals surface area contributed by atoms with E-state index >= 15 is 0 Å². The zero-order chi connectivity index (χ0) is 24.8. The number of hydrogen-bond donors (Lipinski definition) is 2. The molecule has 0 amide bonds. The molecule has 34 heavy (non-hydrogen) atoms. The quantitative estimate of drug-likeness (QED) is 0.428. The number of fused-ring (bicyclic) bond motifs is 1. The van der Waals surface area contributed by atoms with Gasteiger partial charge in [0.15, 0.2) is 0 Å². The van der Waals surface area contributed by atoms with E-state index in [0.29, 0.717) is 28.7 Å². The number of anilines is 2. The Bertz CT molecular complexity index is 1510. The highest BCUT2D eigenvalue weighted by atomic mass is 32.2. The number of nitrogens with one attached hydrogen (secondary N) is 1. The summed E-state index contributed by atoms with van der Waals surface area (Å²) < 4.78 is 62.6. The number of sulfonamides is 1. The van der Waals surface area contributed by atoms with Crippen molar-refractivity contribution in [3.05, 3.63) is 60.3 Å². The second kappa shape index (κ2) is 8.24. The number of rotatable bonds is 5. The van der Waals surface area contributed by atoms with Gasteiger partial charge in [-0.1, -0.05) is 6.07 Å². The molecule has 2 heterocycles. The van der Waals surface area contributed by atoms with Crippen LogP contribution in [-0.2, 0) is 15.6 Å². The van der Waals surface area contributed by atoms with Gasteiger partial charge >= 0.3 is 0 Å². The van der Waals surface area contributed by atoms with Crippen molar-refractivity contribution in [1.82, 2.24) is 14.5 Å². The molecule has 0 radical (unpaired) electrons. The summed E-state index contributed by atoms with van der Waals surface area (Å²) >= 11 is 0. The number of imidazole rings is 1. The van der Waals surface area contributed by atoms with Crippen LogP contribution in [0.3, 0.4) is 0 Å². The summed E-state index contributed by atoms with van der Waals surface area (Å²) in [5, 5.41) is 0. The van der Waals surface area contributed by atoms with Crippen LogP contribution in [-0.4, -0.2) is 30.1 Å². The fraction of sp³-hybridized carbons (Fsp3) is 0.217. The number of nitrogens with two attached hydrogens (primary N) is 1. The van der Waals surface area contributed by atoms with Crippen LogP contribution in [0, 0.1) is 11.6 Å². The standard InChI is InChI=1S/C23H23F2N5O3S/c1-23(2,3)30-19-9-13(5-7-18(19)28-22(30)26)14-10-20(21(33-4)27-12-14)34(31,32)29-17-8-6-15(24)11-16(17)25/h5-12,29H,1-4H3,(H2,26,28). The highest BCUT2D eigenvalue weighted by Gasteiger charge is 2.24. The van der Waals surface area contributed by atoms with Gasteiger partial charge in [0.1, 0.15) is 16.5 Å². The zero-order valence-corrected chi connectivity index (χ0v) is 19.7. The number of hydrogen-bond acceptors (Lipinski definition) is 6. The zero-order valence-electron chi connectivity index (χ0n) is 18.9. The Hall–Kier alpha value is -3.73. The van der Waals surface area contributed by atoms with Gasteiger partial charge in [-0.2, -0.15) is 0 Å². The molecule has 2 aromatic carbocycles. The lowest BCUT2D eigenvalue weighted by Gasteiger charge is -2.23. The molecule has 8 nitrogen and oxygen atoms in total. The number of nitrogens with zero attached hydrogens (tertiary/aromatic N) is 3. The molecule has 0 unspecified atom stereocenters. The smallest absolute Gasteiger partial charge is 0.267 e. The van der Waals surface area contributed by atoms with Crippen LogP contribution < -0.4 is 15.2 Å². The van der Waals surface area contributed by atoms with Crippen molar-refractivity contribution in [2.45, 2.75) is 31.2 Å². The lowest BCUT2D eigenvalue weighted by Crippen LogP contribution is -2.23. The third-order valence-corrected chi connectivity index (χ3v) is 6.52. The van der Waals surface area contributed by atoms with Crippen LogP contribution in [0.25, 0.3) is 22.2 Å². The van der Waals surface area contributed by atoms with Gasteiger partial charge in [-0.15, -0.1) is 0 Å². The van der Waals surface area contributed by atoms with E-state index in [9.17, 15) is 17.2 Å². The molecular weight excluding hydrogens is 464 g/mol. The van der Waals surface area contributed by atoms with Gasteiger partial charge in [0, 0.05) is 23.4 Å². The van der Waals surface area contributed by atoms with Gasteiger partial charge in [-0.25, -0.2) is 27.2 Å². The number of nitrogen functional groups attached to an aromatic ring is 1. The third kappa shape index (κ3) is 4.26. The molecule has 0 saturated heterocycles. The Kier molecular flexibility index (Phi) is 5.68. The summed E-state index contributed by atoms with van der Waals surface area (Å²) in [5.74, 6) is -1.69. The predicted octanol–water partition coefficient (Wildman–Crippen LogP) is 4.52. The Morgan fingerprint density at radius 2 is 1.79 bits per heavy atom. The van der Waals surface area contributed by atoms with Gasteiger partial charge in [0.2, 0.25) is 11.8 Å². The second-order valence-electron chi connectivity index (χ2n) is 8.64. The largest absolute Gasteiger partial charge is 0.480 e. The summed E-state index contributed by atoms with van der Waals surface area (Å²) in [6.45, 7) is 5.99. The average Bonchev–Trinajstić information content (AvgIpc) is 3.10. The molecule has 178 valence electrons. The molecule has 3 N–H and O–H groups in total. The fourth-order valence-corrected chi connectivity index (χ4v) is 4.90. The molecule has 0 bridgehead atoms. The molecule has 0 spiro atoms. The van der Waals surface area contributed by atoms with Crippen molar-refractivity contribution in [3.63, 3.8) is 0 Å². The molecular formula is C23H23F2N5O3S. The van der Waals surface area contributed by atoms with Crippen molar-refractivity contribution in [3.8, 4) is 17.0 Å². The Morgan fingerprint density at radius 3 is 2.44 bits per heavy atom. The molecule has 0 aliphatic rings. The van der Waals surface area contributed by atoms with Crippen molar-refractivity contribution in [1.29, 1.82) is 0 Å². The molecule has 0 aliphatic carbocycles. The van der Waals surface area contributed by atoms with Crippen molar-refractivity contribution in [2.24, 2.45) is 0 Å². The Balaban J connectivity index is 1.82. The van der Waals surface area contributed by atoms with E-state index in [1.807, 2.05) is 31.4 Å². The van der Waals surface area contributed by atoms with Crippen molar-refractivity contribution < 1.29 is 21.9 Å². The Morgan fingerprint density at radius 1 is 1.06 bits per heavy atom. The number of ether oxygens (including phenoxy) is 1. The second-order valence-corrected chi connectivity index (χ2v) is 10.3. The van der Waals surface area contributed by atoms with E-state index in [0.717, 1.165) is 17.6 Å². The molecule has 4 rings (SSSR count). The normalized spacial score (nSPS) is 12.2. The SMILES string of the molecule is COc1ncc(-c2ccc3nc(N)n(C(C)(C)C)c3c2)cc1S(=O)(=O)Nc1ccc(F)cc1F. The molecule has 0 saturated carbocycles. The topological polar surface area (TPSA) is 112 Å². The highest BCUT2D eigenvalue weighted by molar-refractivity contribution is 7.92. The average molecular weight is 488 g/mol. The first-order valence-electron chi connectivity index (χ1n) is 10.2. The summed E-state index contributed by atoms with van der Waals surface area (Å²) in [5.41, 5.74) is 7.99. The van der Waals surface area contributed by atoms with Gasteiger partial charge in [-0.3, -0.25) is 4.72 Å². The summed E-state index contributed by atoms with van der Waals surface area (Å²) in [4.78, 5) is 8.22. The van der Waals surface area contributed by atoms with E-state index in [2.05, 4.69) is 14.7 Å². The number of methoxy groups -OCH3 is 1. The lowest BCUT2D eigenvalue weighted by atomic mass is 10.1. The van der Waals surface area contributed by atoms with Crippen LogP contribution >= 0.6 is 0 Å². The van der Waals surface area contributed by atoms with Crippen molar-refractivity contribution >= 4 is 32.7 Å². The first-order chi connectivity index (χ1) is 15.9. The van der Waals surface area contributed by atoms with Crippen molar-refractivity contribution in [2.75, 3.05) is 17.6 Å². The molecule has 0 aliphatic heterocycles. The molecule has 2 aromatic heterocycles. The van der Waals surface area contributed by atoms with Gasteiger partial charge in [0.25, 0.3) is 10.0 Å². The van der Waals surface area contributed by atoms with Crippen LogP contribution in [0.2, 0.25) is 0 Å². The first-order valence-corrected chi connectivity index (χ1v) is 11.7. The van der Waals surface area contributed by atoms with Crippen LogP contribution in [0.1, 0.15) is 20.8 Å². The minimum absolute atomic E-state index is 0.177. The van der Waals surface area contributed by atoms with E-state index < -0.39 is 27.3 Å². The van der Waals surface area contributed by atoms with E-state index in [1.54, 1.807) is 12.1 Å². The maximum atomic E-state index is 14.1. The van der Waals surface area contributed by atoms with Gasteiger partial charge < -0.3 is 15.0 Å². The lowest BCUT2D eigenvalue weighted by molar-refractivity contribution is 0.385. The maximum Gasteiger partial charge on any atom is 0.267 e. The third-order valence-electron chi connectivity index (χ3n) is 5.16. The van der Waals surface area contributed by atoms with Gasteiger partial charge in [0.05, 0.1) is 23.8 Å². The highest BCUT2D eigenvalue weighted by Crippen LogP contribution is 2.33. The minimum atomic E-state index is -4.33. The first kappa shape index (κ1) is 23.4.